The SMILES string of the molecule is CCI1CCCCCCCC1(CC)CC. The molecule has 1 aliphatic rings. The first-order chi connectivity index (χ1) is 7.29. The van der Waals surface area contributed by atoms with Crippen LogP contribution >= 0.6 is 19.8 Å². The number of hydrogen-bond donors (Lipinski definition) is 0. The van der Waals surface area contributed by atoms with Crippen LogP contribution < -0.4 is 0 Å². The van der Waals surface area contributed by atoms with E-state index < -0.39 is 19.8 Å². The minimum atomic E-state index is -0.646. The van der Waals surface area contributed by atoms with Gasteiger partial charge in [0.25, 0.3) is 0 Å². The first kappa shape index (κ1) is 13.8. The predicted octanol–water partition coefficient (Wildman–Crippen LogP) is 5.43. The van der Waals surface area contributed by atoms with Gasteiger partial charge >= 0.3 is 104 Å². The van der Waals surface area contributed by atoms with E-state index in [1.165, 1.54) is 38.5 Å². The Labute approximate surface area is 104 Å². The molecule has 0 amide bonds. The van der Waals surface area contributed by atoms with Gasteiger partial charge < -0.3 is 0 Å². The van der Waals surface area contributed by atoms with Crippen LogP contribution in [0, 0.1) is 0 Å². The van der Waals surface area contributed by atoms with Crippen molar-refractivity contribution in [1.82, 2.24) is 0 Å². The van der Waals surface area contributed by atoms with Crippen LogP contribution in [-0.2, 0) is 0 Å². The van der Waals surface area contributed by atoms with Crippen molar-refractivity contribution < 1.29 is 0 Å². The van der Waals surface area contributed by atoms with Crippen molar-refractivity contribution in [2.75, 3.05) is 8.86 Å². The van der Waals surface area contributed by atoms with E-state index in [1.807, 2.05) is 0 Å². The normalized spacial score (nSPS) is 25.4. The Bertz CT molecular complexity index is 161. The summed E-state index contributed by atoms with van der Waals surface area (Å²) in [6.07, 6.45) is 12.1. The molecule has 0 aromatic heterocycles. The summed E-state index contributed by atoms with van der Waals surface area (Å²) in [6, 6.07) is 0. The molecule has 92 valence electrons. The summed E-state index contributed by atoms with van der Waals surface area (Å²) >= 11 is -0.646. The summed E-state index contributed by atoms with van der Waals surface area (Å²) in [6.45, 7) is 7.39. The van der Waals surface area contributed by atoms with E-state index in [-0.39, 0.29) is 0 Å². The maximum atomic E-state index is 2.48. The van der Waals surface area contributed by atoms with Gasteiger partial charge in [0.05, 0.1) is 0 Å². The first-order valence-corrected chi connectivity index (χ1v) is 11.0. The Kier molecular flexibility index (Phi) is 6.56. The summed E-state index contributed by atoms with van der Waals surface area (Å²) in [4.78, 5) is 0. The van der Waals surface area contributed by atoms with Crippen LogP contribution in [0.4, 0.5) is 0 Å². The molecule has 1 aliphatic heterocycles. The van der Waals surface area contributed by atoms with Crippen LogP contribution in [0.1, 0.15) is 72.1 Å². The van der Waals surface area contributed by atoms with E-state index in [4.69, 9.17) is 0 Å². The zero-order chi connectivity index (χ0) is 11.1. The molecule has 0 nitrogen and oxygen atoms in total. The first-order valence-electron chi connectivity index (χ1n) is 6.91. The van der Waals surface area contributed by atoms with E-state index in [1.54, 1.807) is 21.7 Å². The van der Waals surface area contributed by atoms with Crippen molar-refractivity contribution in [3.8, 4) is 0 Å². The van der Waals surface area contributed by atoms with Crippen molar-refractivity contribution in [2.45, 2.75) is 75.6 Å². The molecular weight excluding hydrogens is 295 g/mol. The monoisotopic (exact) mass is 324 g/mol. The van der Waals surface area contributed by atoms with Gasteiger partial charge in [-0.2, -0.15) is 0 Å². The van der Waals surface area contributed by atoms with Gasteiger partial charge in [-0.05, 0) is 0 Å². The molecule has 0 atom stereocenters. The molecule has 0 spiro atoms. The third kappa shape index (κ3) is 3.61. The van der Waals surface area contributed by atoms with Gasteiger partial charge in [0.15, 0.2) is 0 Å². The number of hydrogen-bond acceptors (Lipinski definition) is 0. The van der Waals surface area contributed by atoms with Gasteiger partial charge in [0.1, 0.15) is 0 Å². The fraction of sp³-hybridized carbons (Fsp3) is 1.00. The van der Waals surface area contributed by atoms with Gasteiger partial charge in [0.2, 0.25) is 0 Å². The van der Waals surface area contributed by atoms with Gasteiger partial charge in [0, 0.05) is 0 Å². The molecule has 1 fully saturated rings. The van der Waals surface area contributed by atoms with Crippen LogP contribution in [0.15, 0.2) is 0 Å². The molecule has 0 aromatic carbocycles. The van der Waals surface area contributed by atoms with E-state index in [9.17, 15) is 0 Å². The van der Waals surface area contributed by atoms with Crippen molar-refractivity contribution in [3.05, 3.63) is 0 Å². The molecule has 0 saturated carbocycles. The van der Waals surface area contributed by atoms with Gasteiger partial charge in [-0.3, -0.25) is 0 Å². The topological polar surface area (TPSA) is 0 Å². The van der Waals surface area contributed by atoms with E-state index in [0.29, 0.717) is 0 Å². The van der Waals surface area contributed by atoms with Crippen LogP contribution in [0.2, 0.25) is 0 Å². The fourth-order valence-electron chi connectivity index (χ4n) is 2.96. The Morgan fingerprint density at radius 2 is 1.47 bits per heavy atom. The van der Waals surface area contributed by atoms with Crippen molar-refractivity contribution >= 4 is 19.8 Å². The Morgan fingerprint density at radius 3 is 2.07 bits per heavy atom. The third-order valence-electron chi connectivity index (χ3n) is 4.14. The molecule has 1 saturated heterocycles. The quantitative estimate of drug-likeness (QED) is 0.480. The Hall–Kier alpha value is 0.730. The van der Waals surface area contributed by atoms with Crippen molar-refractivity contribution in [1.29, 1.82) is 0 Å². The maximum absolute atomic E-state index is 2.48. The molecule has 1 heteroatoms. The predicted molar refractivity (Wildman–Crippen MR) is 80.4 cm³/mol. The zero-order valence-corrected chi connectivity index (χ0v) is 13.1. The van der Waals surface area contributed by atoms with Crippen LogP contribution in [0.5, 0.6) is 0 Å². The second kappa shape index (κ2) is 7.13. The molecule has 1 heterocycles. The zero-order valence-electron chi connectivity index (χ0n) is 10.9. The van der Waals surface area contributed by atoms with Crippen LogP contribution in [-0.4, -0.2) is 12.3 Å². The van der Waals surface area contributed by atoms with Crippen molar-refractivity contribution in [2.24, 2.45) is 0 Å². The standard InChI is InChI=1S/C14H29I/c1-4-14(5-2)12-10-8-7-9-11-13-15(14)6-3/h4-13H2,1-3H3. The van der Waals surface area contributed by atoms with Crippen LogP contribution in [0.3, 0.4) is 0 Å². The van der Waals surface area contributed by atoms with Crippen molar-refractivity contribution in [3.63, 3.8) is 0 Å². The van der Waals surface area contributed by atoms with E-state index in [0.717, 1.165) is 3.42 Å². The third-order valence-corrected chi connectivity index (χ3v) is 13.4. The number of halogens is 1. The molecule has 0 unspecified atom stereocenters. The molecule has 0 N–H and O–H groups in total. The fourth-order valence-corrected chi connectivity index (χ4v) is 11.2. The summed E-state index contributed by atoms with van der Waals surface area (Å²) in [5.41, 5.74) is 0. The molecule has 0 aliphatic carbocycles. The van der Waals surface area contributed by atoms with Gasteiger partial charge in [-0.25, -0.2) is 0 Å². The second-order valence-corrected chi connectivity index (χ2v) is 12.3. The average Bonchev–Trinajstić information content (AvgIpc) is 2.38. The van der Waals surface area contributed by atoms with Gasteiger partial charge in [-0.15, -0.1) is 0 Å². The Balaban J connectivity index is 2.72. The molecule has 1 rings (SSSR count). The molecular formula is C14H29I. The summed E-state index contributed by atoms with van der Waals surface area (Å²) in [5, 5.41) is 0. The minimum absolute atomic E-state index is 0.646. The molecule has 0 aromatic rings. The second-order valence-electron chi connectivity index (χ2n) is 4.79. The molecule has 15 heavy (non-hydrogen) atoms. The summed E-state index contributed by atoms with van der Waals surface area (Å²) in [7, 11) is 0. The summed E-state index contributed by atoms with van der Waals surface area (Å²) in [5.74, 6) is 0. The molecule has 0 radical (unpaired) electrons. The Morgan fingerprint density at radius 1 is 0.867 bits per heavy atom. The van der Waals surface area contributed by atoms with E-state index in [2.05, 4.69) is 20.8 Å². The summed E-state index contributed by atoms with van der Waals surface area (Å²) < 4.78 is 4.07. The van der Waals surface area contributed by atoms with E-state index >= 15 is 0 Å². The number of rotatable bonds is 3. The average molecular weight is 324 g/mol. The van der Waals surface area contributed by atoms with Crippen LogP contribution in [0.25, 0.3) is 0 Å². The molecule has 0 bridgehead atoms. The van der Waals surface area contributed by atoms with Gasteiger partial charge in [-0.1, -0.05) is 0 Å². The number of alkyl halides is 3.